The topological polar surface area (TPSA) is 68.2 Å². The monoisotopic (exact) mass is 722 g/mol. The smallest absolute Gasteiger partial charge is 0.344 e. The molecule has 1 aliphatic heterocycles. The highest BCUT2D eigenvalue weighted by molar-refractivity contribution is 14.1. The van der Waals surface area contributed by atoms with Gasteiger partial charge in [-0.1, -0.05) is 38.5 Å². The summed E-state index contributed by atoms with van der Waals surface area (Å²) >= 11 is 5.96. The molecule has 0 radical (unpaired) electrons. The molecule has 0 bridgehead atoms. The Morgan fingerprint density at radius 2 is 1.71 bits per heavy atom. The normalized spacial score (nSPS) is 22.3. The van der Waals surface area contributed by atoms with E-state index in [0.717, 1.165) is 48.5 Å². The van der Waals surface area contributed by atoms with Crippen molar-refractivity contribution in [1.82, 2.24) is 4.90 Å². The van der Waals surface area contributed by atoms with Crippen molar-refractivity contribution in [1.29, 1.82) is 0 Å². The SMILES string of the molecule is CCOC(=O)COc1c(I)cc(C=C2SC(=NC3CCCCC3)N(C3CCCCC3)C2=O)cc1I. The second-order valence-electron chi connectivity index (χ2n) is 9.19. The van der Waals surface area contributed by atoms with Crippen LogP contribution in [-0.4, -0.2) is 47.2 Å². The van der Waals surface area contributed by atoms with Crippen molar-refractivity contribution in [3.8, 4) is 5.75 Å². The zero-order valence-electron chi connectivity index (χ0n) is 20.1. The lowest BCUT2D eigenvalue weighted by atomic mass is 9.94. The van der Waals surface area contributed by atoms with Crippen molar-refractivity contribution < 1.29 is 19.1 Å². The summed E-state index contributed by atoms with van der Waals surface area (Å²) in [5.41, 5.74) is 0.945. The summed E-state index contributed by atoms with van der Waals surface area (Å²) in [7, 11) is 0. The molecule has 9 heteroatoms. The molecule has 1 amide bonds. The maximum Gasteiger partial charge on any atom is 0.344 e. The Kier molecular flexibility index (Phi) is 10.2. The largest absolute Gasteiger partial charge is 0.480 e. The van der Waals surface area contributed by atoms with Crippen molar-refractivity contribution in [3.05, 3.63) is 29.7 Å². The minimum absolute atomic E-state index is 0.0871. The van der Waals surface area contributed by atoms with Gasteiger partial charge in [-0.3, -0.25) is 14.7 Å². The number of rotatable bonds is 7. The van der Waals surface area contributed by atoms with E-state index in [4.69, 9.17) is 14.5 Å². The van der Waals surface area contributed by atoms with E-state index in [9.17, 15) is 9.59 Å². The van der Waals surface area contributed by atoms with Crippen LogP contribution in [0.2, 0.25) is 0 Å². The fourth-order valence-electron chi connectivity index (χ4n) is 4.89. The third-order valence-corrected chi connectivity index (χ3v) is 9.20. The number of hydrogen-bond acceptors (Lipinski definition) is 6. The maximum absolute atomic E-state index is 13.6. The van der Waals surface area contributed by atoms with E-state index < -0.39 is 0 Å². The average molecular weight is 722 g/mol. The molecule has 3 fully saturated rings. The summed E-state index contributed by atoms with van der Waals surface area (Å²) in [5, 5.41) is 0.902. The van der Waals surface area contributed by atoms with Crippen LogP contribution in [0.25, 0.3) is 6.08 Å². The van der Waals surface area contributed by atoms with Crippen molar-refractivity contribution in [2.45, 2.75) is 83.2 Å². The van der Waals surface area contributed by atoms with Gasteiger partial charge in [0.1, 0.15) is 5.75 Å². The number of benzene rings is 1. The standard InChI is InChI=1S/C26H32I2N2O4S/c1-2-33-23(31)16-34-24-20(27)13-17(14-21(24)28)15-22-25(32)30(19-11-7-4-8-12-19)26(35-22)29-18-9-5-3-6-10-18/h13-15,18-19H,2-12,16H2,1H3. The van der Waals surface area contributed by atoms with E-state index in [1.54, 1.807) is 6.92 Å². The van der Waals surface area contributed by atoms with Crippen molar-refractivity contribution in [3.63, 3.8) is 0 Å². The molecule has 4 rings (SSSR count). The quantitative estimate of drug-likeness (QED) is 0.177. The minimum Gasteiger partial charge on any atom is -0.480 e. The van der Waals surface area contributed by atoms with Crippen LogP contribution in [0.1, 0.15) is 76.7 Å². The van der Waals surface area contributed by atoms with Gasteiger partial charge in [0.2, 0.25) is 0 Å². The fourth-order valence-corrected chi connectivity index (χ4v) is 8.13. The lowest BCUT2D eigenvalue weighted by molar-refractivity contribution is -0.145. The number of esters is 1. The summed E-state index contributed by atoms with van der Waals surface area (Å²) in [4.78, 5) is 33.2. The molecule has 1 heterocycles. The summed E-state index contributed by atoms with van der Waals surface area (Å²) in [6.07, 6.45) is 13.7. The molecule has 3 aliphatic rings. The molecular weight excluding hydrogens is 690 g/mol. The fraction of sp³-hybridized carbons (Fsp3) is 0.577. The molecular formula is C26H32I2N2O4S. The van der Waals surface area contributed by atoms with Gasteiger partial charge in [-0.25, -0.2) is 4.79 Å². The predicted molar refractivity (Wildman–Crippen MR) is 158 cm³/mol. The van der Waals surface area contributed by atoms with Gasteiger partial charge < -0.3 is 9.47 Å². The van der Waals surface area contributed by atoms with Gasteiger partial charge in [-0.2, -0.15) is 0 Å². The Morgan fingerprint density at radius 1 is 1.09 bits per heavy atom. The molecule has 35 heavy (non-hydrogen) atoms. The highest BCUT2D eigenvalue weighted by Crippen LogP contribution is 2.39. The van der Waals surface area contributed by atoms with Gasteiger partial charge >= 0.3 is 5.97 Å². The van der Waals surface area contributed by atoms with Gasteiger partial charge in [0.15, 0.2) is 11.8 Å². The molecule has 0 N–H and O–H groups in total. The molecule has 0 aromatic heterocycles. The van der Waals surface area contributed by atoms with E-state index in [-0.39, 0.29) is 24.5 Å². The second kappa shape index (κ2) is 13.1. The molecule has 6 nitrogen and oxygen atoms in total. The minimum atomic E-state index is -0.383. The Bertz CT molecular complexity index is 978. The lowest BCUT2D eigenvalue weighted by Gasteiger charge is -2.31. The van der Waals surface area contributed by atoms with Gasteiger partial charge in [0, 0.05) is 6.04 Å². The van der Waals surface area contributed by atoms with Crippen molar-refractivity contribution in [2.75, 3.05) is 13.2 Å². The van der Waals surface area contributed by atoms with Gasteiger partial charge in [-0.05, 0) is 113 Å². The first kappa shape index (κ1) is 27.2. The summed E-state index contributed by atoms with van der Waals surface area (Å²) in [5.74, 6) is 0.366. The van der Waals surface area contributed by atoms with Crippen LogP contribution >= 0.6 is 56.9 Å². The Morgan fingerprint density at radius 3 is 2.34 bits per heavy atom. The zero-order chi connectivity index (χ0) is 24.8. The van der Waals surface area contributed by atoms with E-state index >= 15 is 0 Å². The van der Waals surface area contributed by atoms with Crippen LogP contribution in [0.4, 0.5) is 0 Å². The summed E-state index contributed by atoms with van der Waals surface area (Å²) in [6.45, 7) is 1.99. The molecule has 0 unspecified atom stereocenters. The van der Waals surface area contributed by atoms with E-state index in [1.807, 2.05) is 23.1 Å². The molecule has 0 spiro atoms. The van der Waals surface area contributed by atoms with Crippen LogP contribution < -0.4 is 4.74 Å². The molecule has 1 aromatic carbocycles. The number of carbonyl (C=O) groups excluding carboxylic acids is 2. The van der Waals surface area contributed by atoms with E-state index in [1.165, 1.54) is 50.3 Å². The van der Waals surface area contributed by atoms with E-state index in [0.29, 0.717) is 18.4 Å². The number of thioether (sulfide) groups is 1. The first-order chi connectivity index (χ1) is 17.0. The first-order valence-corrected chi connectivity index (χ1v) is 15.5. The number of hydrogen-bond donors (Lipinski definition) is 0. The van der Waals surface area contributed by atoms with Crippen LogP contribution in [0.5, 0.6) is 5.75 Å². The van der Waals surface area contributed by atoms with Crippen LogP contribution in [0.3, 0.4) is 0 Å². The van der Waals surface area contributed by atoms with Crippen LogP contribution in [0.15, 0.2) is 22.0 Å². The maximum atomic E-state index is 13.6. The number of amidine groups is 1. The predicted octanol–water partition coefficient (Wildman–Crippen LogP) is 6.78. The highest BCUT2D eigenvalue weighted by Gasteiger charge is 2.39. The molecule has 2 aliphatic carbocycles. The third-order valence-electron chi connectivity index (χ3n) is 6.60. The Labute approximate surface area is 239 Å². The number of carbonyl (C=O) groups is 2. The van der Waals surface area contributed by atoms with Crippen molar-refractivity contribution in [2.24, 2.45) is 4.99 Å². The molecule has 1 saturated heterocycles. The van der Waals surface area contributed by atoms with Crippen molar-refractivity contribution >= 4 is 80.1 Å². The van der Waals surface area contributed by atoms with Gasteiger partial charge in [0.25, 0.3) is 5.91 Å². The molecule has 2 saturated carbocycles. The third kappa shape index (κ3) is 7.15. The average Bonchev–Trinajstić information content (AvgIpc) is 3.14. The number of ether oxygens (including phenoxy) is 2. The number of halogens is 2. The number of amides is 1. The van der Waals surface area contributed by atoms with E-state index in [2.05, 4.69) is 45.2 Å². The number of nitrogens with zero attached hydrogens (tertiary/aromatic N) is 2. The summed E-state index contributed by atoms with van der Waals surface area (Å²) < 4.78 is 12.5. The highest BCUT2D eigenvalue weighted by atomic mass is 127. The summed E-state index contributed by atoms with van der Waals surface area (Å²) in [6, 6.07) is 4.58. The Hall–Kier alpha value is -0.820. The molecule has 1 aromatic rings. The Balaban J connectivity index is 1.56. The first-order valence-electron chi connectivity index (χ1n) is 12.5. The van der Waals surface area contributed by atoms with Gasteiger partial charge in [-0.15, -0.1) is 0 Å². The van der Waals surface area contributed by atoms with Crippen LogP contribution in [0, 0.1) is 7.14 Å². The second-order valence-corrected chi connectivity index (χ2v) is 12.5. The van der Waals surface area contributed by atoms with Gasteiger partial charge in [0.05, 0.1) is 24.7 Å². The molecule has 0 atom stereocenters. The number of aliphatic imine (C=N–C) groups is 1. The van der Waals surface area contributed by atoms with Crippen LogP contribution in [-0.2, 0) is 14.3 Å². The molecule has 190 valence electrons. The zero-order valence-corrected chi connectivity index (χ0v) is 25.2. The lowest BCUT2D eigenvalue weighted by Crippen LogP contribution is -2.41.